The minimum Gasteiger partial charge on any atom is -0.491 e. The maximum atomic E-state index is 12.1. The van der Waals surface area contributed by atoms with Crippen molar-refractivity contribution >= 4 is 12.4 Å². The number of hydrogen-bond donors (Lipinski definition) is 1. The van der Waals surface area contributed by atoms with Gasteiger partial charge in [-0.1, -0.05) is 12.1 Å². The lowest BCUT2D eigenvalue weighted by molar-refractivity contribution is 0.128. The van der Waals surface area contributed by atoms with Gasteiger partial charge >= 0.3 is 0 Å². The van der Waals surface area contributed by atoms with Gasteiger partial charge in [0, 0.05) is 12.5 Å². The summed E-state index contributed by atoms with van der Waals surface area (Å²) in [6.07, 6.45) is -2.59. The lowest BCUT2D eigenvalue weighted by Gasteiger charge is -2.13. The van der Waals surface area contributed by atoms with Gasteiger partial charge in [-0.2, -0.15) is 0 Å². The van der Waals surface area contributed by atoms with Crippen LogP contribution in [0.15, 0.2) is 24.3 Å². The molecule has 0 heterocycles. The first-order valence-corrected chi connectivity index (χ1v) is 5.29. The number of alkyl halides is 2. The molecule has 0 radical (unpaired) electrons. The van der Waals surface area contributed by atoms with Gasteiger partial charge in [0.1, 0.15) is 5.75 Å². The smallest absolute Gasteiger partial charge is 0.240 e. The Bertz CT molecular complexity index is 317. The number of halogens is 3. The molecule has 0 saturated heterocycles. The van der Waals surface area contributed by atoms with Crippen molar-refractivity contribution in [3.05, 3.63) is 29.8 Å². The molecule has 2 N–H and O–H groups in total. The first kappa shape index (κ1) is 16.1. The van der Waals surface area contributed by atoms with Gasteiger partial charge in [-0.05, 0) is 31.5 Å². The summed E-state index contributed by atoms with van der Waals surface area (Å²) in [5.41, 5.74) is 6.33. The molecule has 5 heteroatoms. The third-order valence-electron chi connectivity index (χ3n) is 2.11. The van der Waals surface area contributed by atoms with Gasteiger partial charge in [0.05, 0.1) is 6.10 Å². The molecule has 0 unspecified atom stereocenters. The summed E-state index contributed by atoms with van der Waals surface area (Å²) in [5.74, 6) is 0.725. The van der Waals surface area contributed by atoms with Crippen molar-refractivity contribution in [2.45, 2.75) is 38.8 Å². The van der Waals surface area contributed by atoms with E-state index in [-0.39, 0.29) is 24.9 Å². The minimum absolute atomic E-state index is 0. The van der Waals surface area contributed by atoms with Gasteiger partial charge in [-0.15, -0.1) is 12.4 Å². The molecule has 2 nitrogen and oxygen atoms in total. The second kappa shape index (κ2) is 7.45. The van der Waals surface area contributed by atoms with Gasteiger partial charge in [0.25, 0.3) is 0 Å². The highest BCUT2D eigenvalue weighted by atomic mass is 35.5. The van der Waals surface area contributed by atoms with E-state index < -0.39 is 12.5 Å². The molecule has 1 aromatic carbocycles. The van der Waals surface area contributed by atoms with Gasteiger partial charge in [-0.3, -0.25) is 0 Å². The molecule has 0 aliphatic heterocycles. The predicted molar refractivity (Wildman–Crippen MR) is 67.0 cm³/mol. The molecule has 1 aromatic rings. The maximum Gasteiger partial charge on any atom is 0.240 e. The molecule has 0 amide bonds. The first-order valence-electron chi connectivity index (χ1n) is 5.29. The Kier molecular flexibility index (Phi) is 7.07. The summed E-state index contributed by atoms with van der Waals surface area (Å²) in [6, 6.07) is 6.34. The Labute approximate surface area is 107 Å². The largest absolute Gasteiger partial charge is 0.491 e. The van der Waals surface area contributed by atoms with E-state index in [0.29, 0.717) is 5.56 Å². The standard InChI is InChI=1S/C12H17F2NO.ClH/c1-8(2)16-10-5-3-9(4-6-10)11(15)7-12(13)14;/h3-6,8,11-12H,7,15H2,1-2H3;1H/t11-;/m1./s1. The summed E-state index contributed by atoms with van der Waals surface area (Å²) in [5, 5.41) is 0. The van der Waals surface area contributed by atoms with Gasteiger partial charge in [-0.25, -0.2) is 8.78 Å². The van der Waals surface area contributed by atoms with E-state index in [1.165, 1.54) is 0 Å². The van der Waals surface area contributed by atoms with Crippen molar-refractivity contribution in [1.29, 1.82) is 0 Å². The zero-order chi connectivity index (χ0) is 12.1. The average molecular weight is 266 g/mol. The second-order valence-corrected chi connectivity index (χ2v) is 3.97. The molecule has 0 aliphatic rings. The lowest BCUT2D eigenvalue weighted by Crippen LogP contribution is -2.14. The van der Waals surface area contributed by atoms with Crippen LogP contribution in [0.1, 0.15) is 31.9 Å². The monoisotopic (exact) mass is 265 g/mol. The second-order valence-electron chi connectivity index (χ2n) is 3.97. The summed E-state index contributed by atoms with van der Waals surface area (Å²) in [7, 11) is 0. The number of rotatable bonds is 5. The molecule has 98 valence electrons. The van der Waals surface area contributed by atoms with Crippen LogP contribution in [0.3, 0.4) is 0 Å². The molecule has 1 atom stereocenters. The normalized spacial score (nSPS) is 12.4. The summed E-state index contributed by atoms with van der Waals surface area (Å²) in [4.78, 5) is 0. The van der Waals surface area contributed by atoms with Crippen LogP contribution in [-0.4, -0.2) is 12.5 Å². The van der Waals surface area contributed by atoms with Gasteiger partial charge in [0.2, 0.25) is 6.43 Å². The Morgan fingerprint density at radius 1 is 1.18 bits per heavy atom. The van der Waals surface area contributed by atoms with Crippen molar-refractivity contribution < 1.29 is 13.5 Å². The number of nitrogens with two attached hydrogens (primary N) is 1. The molecule has 0 fully saturated rings. The van der Waals surface area contributed by atoms with Crippen LogP contribution in [-0.2, 0) is 0 Å². The van der Waals surface area contributed by atoms with E-state index in [4.69, 9.17) is 10.5 Å². The molecule has 1 rings (SSSR count). The van der Waals surface area contributed by atoms with Crippen molar-refractivity contribution in [2.24, 2.45) is 5.73 Å². The minimum atomic E-state index is -2.37. The molecule has 0 spiro atoms. The van der Waals surface area contributed by atoms with Crippen LogP contribution in [0.25, 0.3) is 0 Å². The van der Waals surface area contributed by atoms with E-state index in [1.54, 1.807) is 24.3 Å². The highest BCUT2D eigenvalue weighted by Gasteiger charge is 2.12. The predicted octanol–water partition coefficient (Wildman–Crippen LogP) is 3.55. The Hall–Kier alpha value is -0.870. The van der Waals surface area contributed by atoms with E-state index in [2.05, 4.69) is 0 Å². The third-order valence-corrected chi connectivity index (χ3v) is 2.11. The third kappa shape index (κ3) is 5.84. The van der Waals surface area contributed by atoms with Crippen LogP contribution in [0.4, 0.5) is 8.78 Å². The van der Waals surface area contributed by atoms with E-state index >= 15 is 0 Å². The first-order chi connectivity index (χ1) is 7.49. The topological polar surface area (TPSA) is 35.2 Å². The molecule has 17 heavy (non-hydrogen) atoms. The van der Waals surface area contributed by atoms with Crippen LogP contribution < -0.4 is 10.5 Å². The van der Waals surface area contributed by atoms with Crippen molar-refractivity contribution in [2.75, 3.05) is 0 Å². The molecule has 0 aromatic heterocycles. The highest BCUT2D eigenvalue weighted by Crippen LogP contribution is 2.21. The van der Waals surface area contributed by atoms with Crippen molar-refractivity contribution in [1.82, 2.24) is 0 Å². The number of hydrogen-bond acceptors (Lipinski definition) is 2. The number of ether oxygens (including phenoxy) is 1. The fourth-order valence-electron chi connectivity index (χ4n) is 1.39. The van der Waals surface area contributed by atoms with E-state index in [1.807, 2.05) is 13.8 Å². The zero-order valence-electron chi connectivity index (χ0n) is 9.90. The highest BCUT2D eigenvalue weighted by molar-refractivity contribution is 5.85. The fraction of sp³-hybridized carbons (Fsp3) is 0.500. The Balaban J connectivity index is 0.00000256. The fourth-order valence-corrected chi connectivity index (χ4v) is 1.39. The van der Waals surface area contributed by atoms with Crippen molar-refractivity contribution in [3.63, 3.8) is 0 Å². The molecular weight excluding hydrogens is 248 g/mol. The lowest BCUT2D eigenvalue weighted by atomic mass is 10.1. The molecule has 0 bridgehead atoms. The zero-order valence-corrected chi connectivity index (χ0v) is 10.7. The van der Waals surface area contributed by atoms with Gasteiger partial charge in [0.15, 0.2) is 0 Å². The van der Waals surface area contributed by atoms with E-state index in [9.17, 15) is 8.78 Å². The van der Waals surface area contributed by atoms with Crippen LogP contribution >= 0.6 is 12.4 Å². The Morgan fingerprint density at radius 3 is 2.12 bits per heavy atom. The van der Waals surface area contributed by atoms with Crippen molar-refractivity contribution in [3.8, 4) is 5.75 Å². The summed E-state index contributed by atoms with van der Waals surface area (Å²) in [6.45, 7) is 3.85. The van der Waals surface area contributed by atoms with Crippen LogP contribution in [0.5, 0.6) is 5.75 Å². The van der Waals surface area contributed by atoms with Crippen LogP contribution in [0.2, 0.25) is 0 Å². The maximum absolute atomic E-state index is 12.1. The average Bonchev–Trinajstić information content (AvgIpc) is 2.16. The SMILES string of the molecule is CC(C)Oc1ccc([C@H](N)CC(F)F)cc1.Cl. The molecular formula is C12H18ClF2NO. The summed E-state index contributed by atoms with van der Waals surface area (Å²) < 4.78 is 29.7. The van der Waals surface area contributed by atoms with Crippen LogP contribution in [0, 0.1) is 0 Å². The number of benzene rings is 1. The molecule has 0 saturated carbocycles. The summed E-state index contributed by atoms with van der Waals surface area (Å²) >= 11 is 0. The van der Waals surface area contributed by atoms with E-state index in [0.717, 1.165) is 5.75 Å². The van der Waals surface area contributed by atoms with Gasteiger partial charge < -0.3 is 10.5 Å². The Morgan fingerprint density at radius 2 is 1.71 bits per heavy atom. The molecule has 0 aliphatic carbocycles. The quantitative estimate of drug-likeness (QED) is 0.884.